The summed E-state index contributed by atoms with van der Waals surface area (Å²) in [6.07, 6.45) is 0. The first-order valence-corrected chi connectivity index (χ1v) is 2.64. The molecule has 1 aromatic rings. The molecule has 0 bridgehead atoms. The van der Waals surface area contributed by atoms with E-state index in [-0.39, 0.29) is 0 Å². The predicted molar refractivity (Wildman–Crippen MR) is 29.1 cm³/mol. The van der Waals surface area contributed by atoms with Gasteiger partial charge in [-0.1, -0.05) is 6.07 Å². The van der Waals surface area contributed by atoms with E-state index in [1.54, 1.807) is 6.07 Å². The maximum atomic E-state index is 7.03. The Morgan fingerprint density at radius 1 is 2.00 bits per heavy atom. The Kier molecular flexibility index (Phi) is 0.670. The summed E-state index contributed by atoms with van der Waals surface area (Å²) in [7, 11) is 0. The third-order valence-electron chi connectivity index (χ3n) is 0.606. The van der Waals surface area contributed by atoms with Gasteiger partial charge in [0.25, 0.3) is 0 Å². The normalized spacial score (nSPS) is 11.2. The van der Waals surface area contributed by atoms with E-state index in [4.69, 9.17) is 1.37 Å². The van der Waals surface area contributed by atoms with Gasteiger partial charge in [-0.2, -0.15) is 0 Å². The zero-order chi connectivity index (χ0) is 5.28. The minimum atomic E-state index is 0.650. The molecular formula is C5H6S. The first-order chi connectivity index (χ1) is 3.29. The van der Waals surface area contributed by atoms with Crippen LogP contribution in [0.2, 0.25) is 0 Å². The third kappa shape index (κ3) is 0.601. The van der Waals surface area contributed by atoms with Gasteiger partial charge in [-0.3, -0.25) is 0 Å². The van der Waals surface area contributed by atoms with Gasteiger partial charge >= 0.3 is 0 Å². The van der Waals surface area contributed by atoms with E-state index < -0.39 is 0 Å². The molecule has 0 saturated carbocycles. The van der Waals surface area contributed by atoms with Crippen LogP contribution < -0.4 is 0 Å². The monoisotopic (exact) mass is 99.0 g/mol. The highest BCUT2D eigenvalue weighted by molar-refractivity contribution is 7.09. The molecule has 0 radical (unpaired) electrons. The van der Waals surface area contributed by atoms with Crippen LogP contribution in [0.25, 0.3) is 0 Å². The summed E-state index contributed by atoms with van der Waals surface area (Å²) >= 11 is 1.51. The number of hydrogen-bond acceptors (Lipinski definition) is 1. The summed E-state index contributed by atoms with van der Waals surface area (Å²) in [5, 5.41) is 0.650. The smallest absolute Gasteiger partial charge is 0.0740 e. The van der Waals surface area contributed by atoms with E-state index in [0.29, 0.717) is 5.36 Å². The Morgan fingerprint density at radius 3 is 3.00 bits per heavy atom. The molecule has 0 aliphatic rings. The van der Waals surface area contributed by atoms with Gasteiger partial charge in [0.2, 0.25) is 0 Å². The molecule has 0 aromatic carbocycles. The molecule has 0 fully saturated rings. The first-order valence-electron chi connectivity index (χ1n) is 2.32. The quantitative estimate of drug-likeness (QED) is 0.467. The summed E-state index contributed by atoms with van der Waals surface area (Å²) in [6, 6.07) is 3.76. The SMILES string of the molecule is [2H]c1ccc(C)s1. The number of hydrogen-bond donors (Lipinski definition) is 0. The van der Waals surface area contributed by atoms with Crippen molar-refractivity contribution in [3.63, 3.8) is 0 Å². The van der Waals surface area contributed by atoms with E-state index >= 15 is 0 Å². The highest BCUT2D eigenvalue weighted by Gasteiger charge is 1.74. The molecule has 1 heteroatoms. The van der Waals surface area contributed by atoms with Crippen LogP contribution in [-0.4, -0.2) is 0 Å². The minimum Gasteiger partial charge on any atom is -0.149 e. The molecule has 1 aromatic heterocycles. The van der Waals surface area contributed by atoms with Crippen molar-refractivity contribution in [1.29, 1.82) is 0 Å². The molecular weight excluding hydrogens is 92.1 g/mol. The Morgan fingerprint density at radius 2 is 2.83 bits per heavy atom. The highest BCUT2D eigenvalue weighted by Crippen LogP contribution is 2.03. The van der Waals surface area contributed by atoms with Crippen LogP contribution in [0.4, 0.5) is 0 Å². The molecule has 6 heavy (non-hydrogen) atoms. The van der Waals surface area contributed by atoms with Crippen molar-refractivity contribution in [1.82, 2.24) is 0 Å². The predicted octanol–water partition coefficient (Wildman–Crippen LogP) is 2.06. The lowest BCUT2D eigenvalue weighted by Gasteiger charge is -1.65. The summed E-state index contributed by atoms with van der Waals surface area (Å²) in [5.74, 6) is 0. The molecule has 0 spiro atoms. The van der Waals surface area contributed by atoms with Crippen LogP contribution >= 0.6 is 11.3 Å². The average molecular weight is 99.2 g/mol. The molecule has 0 aliphatic carbocycles. The largest absolute Gasteiger partial charge is 0.149 e. The van der Waals surface area contributed by atoms with E-state index in [1.165, 1.54) is 16.2 Å². The number of aryl methyl sites for hydroxylation is 1. The van der Waals surface area contributed by atoms with Crippen molar-refractivity contribution in [2.45, 2.75) is 6.92 Å². The summed E-state index contributed by atoms with van der Waals surface area (Å²) in [6.45, 7) is 2.00. The Hall–Kier alpha value is -0.300. The fourth-order valence-corrected chi connectivity index (χ4v) is 0.770. The van der Waals surface area contributed by atoms with Crippen LogP contribution in [0, 0.1) is 6.92 Å². The Balaban J connectivity index is 3.04. The zero-order valence-electron chi connectivity index (χ0n) is 4.56. The number of thiophene rings is 1. The summed E-state index contributed by atoms with van der Waals surface area (Å²) in [4.78, 5) is 1.21. The molecule has 0 aliphatic heterocycles. The zero-order valence-corrected chi connectivity index (χ0v) is 4.38. The van der Waals surface area contributed by atoms with Crippen molar-refractivity contribution >= 4 is 11.3 Å². The van der Waals surface area contributed by atoms with E-state index in [0.717, 1.165) is 0 Å². The second kappa shape index (κ2) is 1.43. The van der Waals surface area contributed by atoms with E-state index in [9.17, 15) is 0 Å². The minimum absolute atomic E-state index is 0.650. The topological polar surface area (TPSA) is 0 Å². The van der Waals surface area contributed by atoms with Gasteiger partial charge in [0.15, 0.2) is 0 Å². The van der Waals surface area contributed by atoms with Crippen molar-refractivity contribution in [2.75, 3.05) is 0 Å². The Labute approximate surface area is 42.8 Å². The summed E-state index contributed by atoms with van der Waals surface area (Å²) < 4.78 is 7.03. The maximum Gasteiger partial charge on any atom is 0.0740 e. The van der Waals surface area contributed by atoms with Crippen LogP contribution in [-0.2, 0) is 0 Å². The van der Waals surface area contributed by atoms with Gasteiger partial charge in [0.05, 0.1) is 1.37 Å². The highest BCUT2D eigenvalue weighted by atomic mass is 32.1. The third-order valence-corrected chi connectivity index (χ3v) is 1.32. The van der Waals surface area contributed by atoms with E-state index in [1.807, 2.05) is 13.0 Å². The number of rotatable bonds is 0. The van der Waals surface area contributed by atoms with Crippen molar-refractivity contribution < 1.29 is 1.37 Å². The molecule has 0 saturated heterocycles. The summed E-state index contributed by atoms with van der Waals surface area (Å²) in [5.41, 5.74) is 0. The van der Waals surface area contributed by atoms with Crippen molar-refractivity contribution in [3.05, 3.63) is 22.4 Å². The lowest BCUT2D eigenvalue weighted by molar-refractivity contribution is 1.64. The Bertz CT molecular complexity index is 140. The molecule has 0 unspecified atom stereocenters. The molecule has 0 atom stereocenters. The molecule has 0 nitrogen and oxygen atoms in total. The van der Waals surface area contributed by atoms with Crippen LogP contribution in [0.15, 0.2) is 17.5 Å². The maximum absolute atomic E-state index is 7.03. The standard InChI is InChI=1S/C5H6S/c1-5-3-2-4-6-5/h2-4H,1H3/i4D. The van der Waals surface area contributed by atoms with E-state index in [2.05, 4.69) is 0 Å². The van der Waals surface area contributed by atoms with Gasteiger partial charge < -0.3 is 0 Å². The second-order valence-corrected chi connectivity index (χ2v) is 2.25. The van der Waals surface area contributed by atoms with Crippen LogP contribution in [0.5, 0.6) is 0 Å². The van der Waals surface area contributed by atoms with Gasteiger partial charge in [-0.05, 0) is 18.3 Å². The van der Waals surface area contributed by atoms with Gasteiger partial charge in [-0.15, -0.1) is 11.3 Å². The lowest BCUT2D eigenvalue weighted by Crippen LogP contribution is -1.42. The fourth-order valence-electron chi connectivity index (χ4n) is 0.312. The second-order valence-electron chi connectivity index (χ2n) is 1.16. The van der Waals surface area contributed by atoms with Gasteiger partial charge in [-0.25, -0.2) is 0 Å². The van der Waals surface area contributed by atoms with Crippen molar-refractivity contribution in [2.24, 2.45) is 0 Å². The van der Waals surface area contributed by atoms with Crippen molar-refractivity contribution in [3.8, 4) is 0 Å². The van der Waals surface area contributed by atoms with Crippen LogP contribution in [0.1, 0.15) is 6.25 Å². The first kappa shape index (κ1) is 2.80. The van der Waals surface area contributed by atoms with Gasteiger partial charge in [0, 0.05) is 4.88 Å². The molecule has 1 heterocycles. The molecule has 1 rings (SSSR count). The van der Waals surface area contributed by atoms with Crippen LogP contribution in [0.3, 0.4) is 0 Å². The molecule has 0 amide bonds. The van der Waals surface area contributed by atoms with Gasteiger partial charge in [0.1, 0.15) is 0 Å². The average Bonchev–Trinajstić information content (AvgIpc) is 1.87. The molecule has 0 N–H and O–H groups in total. The lowest BCUT2D eigenvalue weighted by atomic mass is 10.5. The molecule has 32 valence electrons. The fraction of sp³-hybridized carbons (Fsp3) is 0.200.